The molecule has 0 atom stereocenters. The van der Waals surface area contributed by atoms with Crippen LogP contribution in [0.2, 0.25) is 5.02 Å². The largest absolute Gasteiger partial charge is 0.276 e. The number of aryl methyl sites for hydroxylation is 1. The first-order valence-corrected chi connectivity index (χ1v) is 6.68. The molecule has 0 unspecified atom stereocenters. The lowest BCUT2D eigenvalue weighted by Crippen LogP contribution is -2.23. The summed E-state index contributed by atoms with van der Waals surface area (Å²) >= 11 is 6.18. The van der Waals surface area contributed by atoms with Gasteiger partial charge in [0.25, 0.3) is 5.56 Å². The Morgan fingerprint density at radius 1 is 1.19 bits per heavy atom. The highest BCUT2D eigenvalue weighted by Gasteiger charge is 2.17. The van der Waals surface area contributed by atoms with Crippen molar-refractivity contribution in [2.75, 3.05) is 0 Å². The van der Waals surface area contributed by atoms with Crippen LogP contribution in [-0.2, 0) is 0 Å². The van der Waals surface area contributed by atoms with Gasteiger partial charge >= 0.3 is 0 Å². The average Bonchev–Trinajstić information content (AvgIpc) is 2.48. The number of hydrogen-bond acceptors (Lipinski definition) is 3. The molecule has 5 heteroatoms. The van der Waals surface area contributed by atoms with Crippen LogP contribution in [0.1, 0.15) is 11.3 Å². The third-order valence-corrected chi connectivity index (χ3v) is 3.62. The molecule has 0 bridgehead atoms. The van der Waals surface area contributed by atoms with E-state index in [0.717, 1.165) is 5.69 Å². The maximum absolute atomic E-state index is 12.6. The van der Waals surface area contributed by atoms with E-state index < -0.39 is 5.56 Å². The summed E-state index contributed by atoms with van der Waals surface area (Å²) in [6.07, 6.45) is 0. The topological polar surface area (TPSA) is 58.7 Å². The van der Waals surface area contributed by atoms with Crippen LogP contribution in [0.4, 0.5) is 0 Å². The predicted molar refractivity (Wildman–Crippen MR) is 81.8 cm³/mol. The van der Waals surface area contributed by atoms with Gasteiger partial charge in [0.05, 0.1) is 10.7 Å². The molecule has 0 fully saturated rings. The highest BCUT2D eigenvalue weighted by Crippen LogP contribution is 2.25. The number of pyridine rings is 2. The average molecular weight is 296 g/mol. The van der Waals surface area contributed by atoms with Crippen LogP contribution in [0, 0.1) is 18.3 Å². The summed E-state index contributed by atoms with van der Waals surface area (Å²) in [7, 11) is 0. The lowest BCUT2D eigenvalue weighted by Gasteiger charge is -2.12. The lowest BCUT2D eigenvalue weighted by molar-refractivity contribution is 0.998. The minimum atomic E-state index is -0.459. The van der Waals surface area contributed by atoms with Gasteiger partial charge in [-0.15, -0.1) is 0 Å². The SMILES string of the molecule is Cc1ccc2c(Cl)c(C#N)c(=O)n(-c3ccccc3)c2n1. The van der Waals surface area contributed by atoms with Gasteiger partial charge in [-0.25, -0.2) is 4.98 Å². The molecule has 0 saturated heterocycles. The molecule has 0 spiro atoms. The molecular weight excluding hydrogens is 286 g/mol. The summed E-state index contributed by atoms with van der Waals surface area (Å²) in [6, 6.07) is 14.6. The Bertz CT molecular complexity index is 940. The second-order valence-electron chi connectivity index (χ2n) is 4.60. The molecule has 0 aliphatic heterocycles. The maximum Gasteiger partial charge on any atom is 0.276 e. The normalized spacial score (nSPS) is 10.5. The van der Waals surface area contributed by atoms with Crippen molar-refractivity contribution >= 4 is 22.6 Å². The fourth-order valence-electron chi connectivity index (χ4n) is 2.23. The van der Waals surface area contributed by atoms with E-state index in [1.54, 1.807) is 24.3 Å². The minimum Gasteiger partial charge on any atom is -0.267 e. The monoisotopic (exact) mass is 295 g/mol. The molecule has 0 N–H and O–H groups in total. The summed E-state index contributed by atoms with van der Waals surface area (Å²) < 4.78 is 1.42. The van der Waals surface area contributed by atoms with E-state index in [4.69, 9.17) is 11.6 Å². The number of aromatic nitrogens is 2. The Balaban J connectivity index is 2.57. The first kappa shape index (κ1) is 13.3. The standard InChI is InChI=1S/C16H10ClN3O/c1-10-7-8-12-14(17)13(9-18)16(21)20(15(12)19-10)11-5-3-2-4-6-11/h2-8H,1H3. The number of rotatable bonds is 1. The van der Waals surface area contributed by atoms with E-state index in [-0.39, 0.29) is 10.6 Å². The van der Waals surface area contributed by atoms with E-state index in [1.165, 1.54) is 4.57 Å². The Kier molecular flexibility index (Phi) is 3.20. The number of nitrogens with zero attached hydrogens (tertiary/aromatic N) is 3. The highest BCUT2D eigenvalue weighted by molar-refractivity contribution is 6.36. The van der Waals surface area contributed by atoms with Crippen LogP contribution in [0.3, 0.4) is 0 Å². The van der Waals surface area contributed by atoms with Gasteiger partial charge < -0.3 is 0 Å². The molecule has 2 heterocycles. The van der Waals surface area contributed by atoms with Gasteiger partial charge in [-0.3, -0.25) is 9.36 Å². The summed E-state index contributed by atoms with van der Waals surface area (Å²) in [5.74, 6) is 0. The van der Waals surface area contributed by atoms with Gasteiger partial charge in [-0.2, -0.15) is 5.26 Å². The number of halogens is 1. The second-order valence-corrected chi connectivity index (χ2v) is 4.98. The van der Waals surface area contributed by atoms with Gasteiger partial charge in [0.1, 0.15) is 17.3 Å². The molecule has 3 rings (SSSR count). The molecule has 2 aromatic heterocycles. The van der Waals surface area contributed by atoms with Crippen molar-refractivity contribution in [3.05, 3.63) is 69.1 Å². The molecule has 1 aromatic carbocycles. The highest BCUT2D eigenvalue weighted by atomic mass is 35.5. The molecule has 21 heavy (non-hydrogen) atoms. The van der Waals surface area contributed by atoms with Gasteiger partial charge in [0.2, 0.25) is 0 Å². The molecule has 3 aromatic rings. The van der Waals surface area contributed by atoms with Crippen molar-refractivity contribution < 1.29 is 0 Å². The molecule has 0 saturated carbocycles. The van der Waals surface area contributed by atoms with Crippen LogP contribution in [0.25, 0.3) is 16.7 Å². The number of fused-ring (bicyclic) bond motifs is 1. The van der Waals surface area contributed by atoms with Crippen molar-refractivity contribution in [3.63, 3.8) is 0 Å². The summed E-state index contributed by atoms with van der Waals surface area (Å²) in [4.78, 5) is 17.0. The van der Waals surface area contributed by atoms with Crippen molar-refractivity contribution in [1.82, 2.24) is 9.55 Å². The van der Waals surface area contributed by atoms with E-state index in [0.29, 0.717) is 16.7 Å². The Hall–Kier alpha value is -2.64. The van der Waals surface area contributed by atoms with E-state index in [2.05, 4.69) is 4.98 Å². The van der Waals surface area contributed by atoms with Crippen molar-refractivity contribution in [1.29, 1.82) is 5.26 Å². The van der Waals surface area contributed by atoms with Gasteiger partial charge in [0, 0.05) is 11.1 Å². The quantitative estimate of drug-likeness (QED) is 0.692. The third-order valence-electron chi connectivity index (χ3n) is 3.23. The summed E-state index contributed by atoms with van der Waals surface area (Å²) in [6.45, 7) is 1.84. The molecule has 4 nitrogen and oxygen atoms in total. The lowest BCUT2D eigenvalue weighted by atomic mass is 10.2. The van der Waals surface area contributed by atoms with Crippen molar-refractivity contribution in [2.45, 2.75) is 6.92 Å². The number of benzene rings is 1. The zero-order valence-corrected chi connectivity index (χ0v) is 11.9. The Morgan fingerprint density at radius 2 is 1.90 bits per heavy atom. The van der Waals surface area contributed by atoms with Crippen LogP contribution in [-0.4, -0.2) is 9.55 Å². The predicted octanol–water partition coefficient (Wildman–Crippen LogP) is 3.22. The van der Waals surface area contributed by atoms with E-state index in [9.17, 15) is 10.1 Å². The molecule has 0 aliphatic carbocycles. The summed E-state index contributed by atoms with van der Waals surface area (Å²) in [5.41, 5.74) is 1.35. The molecule has 0 aliphatic rings. The van der Waals surface area contributed by atoms with E-state index in [1.807, 2.05) is 31.2 Å². The minimum absolute atomic E-state index is 0.0707. The Morgan fingerprint density at radius 3 is 2.57 bits per heavy atom. The molecule has 102 valence electrons. The fraction of sp³-hybridized carbons (Fsp3) is 0.0625. The summed E-state index contributed by atoms with van der Waals surface area (Å²) in [5, 5.41) is 9.95. The number of nitriles is 1. The Labute approximate surface area is 125 Å². The van der Waals surface area contributed by atoms with Crippen molar-refractivity contribution in [2.24, 2.45) is 0 Å². The second kappa shape index (κ2) is 5.04. The number of para-hydroxylation sites is 1. The van der Waals surface area contributed by atoms with Crippen molar-refractivity contribution in [3.8, 4) is 11.8 Å². The van der Waals surface area contributed by atoms with Gasteiger partial charge in [-0.05, 0) is 31.2 Å². The number of hydrogen-bond donors (Lipinski definition) is 0. The van der Waals surface area contributed by atoms with Gasteiger partial charge in [0.15, 0.2) is 0 Å². The first-order chi connectivity index (χ1) is 10.1. The van der Waals surface area contributed by atoms with Gasteiger partial charge in [-0.1, -0.05) is 29.8 Å². The molecular formula is C16H10ClN3O. The smallest absolute Gasteiger partial charge is 0.267 e. The molecule has 0 radical (unpaired) electrons. The molecule has 0 amide bonds. The fourth-order valence-corrected chi connectivity index (χ4v) is 2.51. The first-order valence-electron chi connectivity index (χ1n) is 6.31. The van der Waals surface area contributed by atoms with Crippen LogP contribution in [0.5, 0.6) is 0 Å². The van der Waals surface area contributed by atoms with Crippen LogP contribution < -0.4 is 5.56 Å². The zero-order chi connectivity index (χ0) is 15.0. The van der Waals surface area contributed by atoms with Crippen LogP contribution in [0.15, 0.2) is 47.3 Å². The third kappa shape index (κ3) is 2.08. The van der Waals surface area contributed by atoms with E-state index >= 15 is 0 Å². The van der Waals surface area contributed by atoms with Crippen LogP contribution >= 0.6 is 11.6 Å². The zero-order valence-electron chi connectivity index (χ0n) is 11.2. The maximum atomic E-state index is 12.6.